The SMILES string of the molecule is CCOC1CCC(N2CN=Cc3c(-c4cnc5ncccc5c4)ccn32)CC1. The molecule has 6 heteroatoms. The number of ether oxygens (including phenoxy) is 1. The fraction of sp³-hybridized carbons (Fsp3) is 0.409. The highest BCUT2D eigenvalue weighted by atomic mass is 16.5. The predicted octanol–water partition coefficient (Wildman–Crippen LogP) is 3.77. The van der Waals surface area contributed by atoms with Crippen LogP contribution in [0, 0.1) is 0 Å². The third-order valence-electron chi connectivity index (χ3n) is 5.85. The third kappa shape index (κ3) is 3.07. The zero-order valence-corrected chi connectivity index (χ0v) is 16.2. The van der Waals surface area contributed by atoms with Gasteiger partial charge < -0.3 is 4.74 Å². The van der Waals surface area contributed by atoms with Gasteiger partial charge in [0.25, 0.3) is 0 Å². The molecule has 0 N–H and O–H groups in total. The first-order chi connectivity index (χ1) is 13.8. The Morgan fingerprint density at radius 1 is 1.14 bits per heavy atom. The molecule has 3 aromatic heterocycles. The average Bonchev–Trinajstić information content (AvgIpc) is 3.18. The number of aliphatic imine (C=N–C) groups is 1. The molecule has 4 heterocycles. The molecule has 2 aliphatic rings. The molecule has 1 aliphatic heterocycles. The minimum atomic E-state index is 0.423. The van der Waals surface area contributed by atoms with Gasteiger partial charge in [0.15, 0.2) is 5.65 Å². The van der Waals surface area contributed by atoms with E-state index < -0.39 is 0 Å². The van der Waals surface area contributed by atoms with Crippen molar-refractivity contribution >= 4 is 17.2 Å². The van der Waals surface area contributed by atoms with E-state index in [1.807, 2.05) is 18.5 Å². The molecule has 6 nitrogen and oxygen atoms in total. The minimum Gasteiger partial charge on any atom is -0.379 e. The standard InChI is InChI=1S/C22H25N5O/c1-2-28-19-7-5-18(6-8-19)27-15-23-14-21-20(9-11-26(21)27)17-12-16-4-3-10-24-22(16)25-13-17/h3-4,9-14,18-19H,2,5-8,15H2,1H3. The Morgan fingerprint density at radius 3 is 2.89 bits per heavy atom. The van der Waals surface area contributed by atoms with Crippen molar-refractivity contribution in [3.8, 4) is 11.1 Å². The van der Waals surface area contributed by atoms with Crippen LogP contribution in [0.3, 0.4) is 0 Å². The van der Waals surface area contributed by atoms with Gasteiger partial charge in [-0.05, 0) is 56.9 Å². The second-order valence-corrected chi connectivity index (χ2v) is 7.51. The maximum atomic E-state index is 5.82. The van der Waals surface area contributed by atoms with Crippen molar-refractivity contribution in [2.75, 3.05) is 18.3 Å². The zero-order chi connectivity index (χ0) is 18.9. The van der Waals surface area contributed by atoms with Gasteiger partial charge in [0.05, 0.1) is 11.8 Å². The summed E-state index contributed by atoms with van der Waals surface area (Å²) in [6.45, 7) is 3.60. The maximum absolute atomic E-state index is 5.82. The summed E-state index contributed by atoms with van der Waals surface area (Å²) >= 11 is 0. The number of rotatable bonds is 4. The fourth-order valence-electron chi connectivity index (χ4n) is 4.46. The summed E-state index contributed by atoms with van der Waals surface area (Å²) in [6.07, 6.45) is 12.8. The van der Waals surface area contributed by atoms with E-state index in [1.165, 1.54) is 0 Å². The lowest BCUT2D eigenvalue weighted by molar-refractivity contribution is 0.0310. The number of fused-ring (bicyclic) bond motifs is 2. The number of hydrogen-bond acceptors (Lipinski definition) is 5. The smallest absolute Gasteiger partial charge is 0.159 e. The molecule has 1 aliphatic carbocycles. The highest BCUT2D eigenvalue weighted by Crippen LogP contribution is 2.30. The van der Waals surface area contributed by atoms with E-state index in [-0.39, 0.29) is 0 Å². The van der Waals surface area contributed by atoms with Crippen molar-refractivity contribution in [1.29, 1.82) is 0 Å². The van der Waals surface area contributed by atoms with E-state index in [4.69, 9.17) is 4.74 Å². The Labute approximate surface area is 164 Å². The number of hydrogen-bond donors (Lipinski definition) is 0. The van der Waals surface area contributed by atoms with E-state index in [1.54, 1.807) is 6.20 Å². The van der Waals surface area contributed by atoms with Crippen molar-refractivity contribution in [1.82, 2.24) is 14.6 Å². The van der Waals surface area contributed by atoms with Gasteiger partial charge in [-0.2, -0.15) is 0 Å². The predicted molar refractivity (Wildman–Crippen MR) is 111 cm³/mol. The van der Waals surface area contributed by atoms with Crippen LogP contribution in [0.5, 0.6) is 0 Å². The van der Waals surface area contributed by atoms with Crippen LogP contribution in [0.2, 0.25) is 0 Å². The number of aromatic nitrogens is 3. The van der Waals surface area contributed by atoms with Crippen LogP contribution in [0.4, 0.5) is 0 Å². The lowest BCUT2D eigenvalue weighted by Gasteiger charge is -2.39. The highest BCUT2D eigenvalue weighted by Gasteiger charge is 2.29. The molecule has 0 unspecified atom stereocenters. The summed E-state index contributed by atoms with van der Waals surface area (Å²) in [5, 5.41) is 3.45. The molecule has 144 valence electrons. The maximum Gasteiger partial charge on any atom is 0.159 e. The summed E-state index contributed by atoms with van der Waals surface area (Å²) in [5.41, 5.74) is 4.17. The van der Waals surface area contributed by atoms with Gasteiger partial charge in [0.2, 0.25) is 0 Å². The second-order valence-electron chi connectivity index (χ2n) is 7.51. The van der Waals surface area contributed by atoms with Gasteiger partial charge in [-0.1, -0.05) is 0 Å². The van der Waals surface area contributed by atoms with Gasteiger partial charge >= 0.3 is 0 Å². The van der Waals surface area contributed by atoms with E-state index in [2.05, 4.69) is 56.0 Å². The van der Waals surface area contributed by atoms with Crippen LogP contribution in [-0.2, 0) is 4.74 Å². The van der Waals surface area contributed by atoms with Crippen molar-refractivity contribution in [3.05, 3.63) is 48.5 Å². The quantitative estimate of drug-likeness (QED) is 0.696. The van der Waals surface area contributed by atoms with E-state index in [0.717, 1.165) is 60.1 Å². The van der Waals surface area contributed by atoms with Gasteiger partial charge in [0.1, 0.15) is 6.67 Å². The molecule has 1 fully saturated rings. The first-order valence-corrected chi connectivity index (χ1v) is 10.1. The summed E-state index contributed by atoms with van der Waals surface area (Å²) in [6, 6.07) is 8.84. The van der Waals surface area contributed by atoms with Crippen LogP contribution >= 0.6 is 0 Å². The Morgan fingerprint density at radius 2 is 2.04 bits per heavy atom. The summed E-state index contributed by atoms with van der Waals surface area (Å²) in [5.74, 6) is 0. The lowest BCUT2D eigenvalue weighted by atomic mass is 9.92. The van der Waals surface area contributed by atoms with Gasteiger partial charge in [-0.15, -0.1) is 0 Å². The summed E-state index contributed by atoms with van der Waals surface area (Å²) in [4.78, 5) is 13.5. The van der Waals surface area contributed by atoms with Crippen molar-refractivity contribution in [2.24, 2.45) is 4.99 Å². The molecule has 0 amide bonds. The summed E-state index contributed by atoms with van der Waals surface area (Å²) in [7, 11) is 0. The molecular formula is C22H25N5O. The molecule has 28 heavy (non-hydrogen) atoms. The van der Waals surface area contributed by atoms with Gasteiger partial charge in [-0.25, -0.2) is 9.97 Å². The second kappa shape index (κ2) is 7.36. The molecule has 0 bridgehead atoms. The monoisotopic (exact) mass is 375 g/mol. The number of pyridine rings is 2. The van der Waals surface area contributed by atoms with Crippen LogP contribution in [0.1, 0.15) is 38.3 Å². The topological polar surface area (TPSA) is 55.5 Å². The molecule has 0 spiro atoms. The third-order valence-corrected chi connectivity index (χ3v) is 5.85. The van der Waals surface area contributed by atoms with Gasteiger partial charge in [0, 0.05) is 54.0 Å². The van der Waals surface area contributed by atoms with Crippen LogP contribution < -0.4 is 5.01 Å². The van der Waals surface area contributed by atoms with Crippen LogP contribution in [0.15, 0.2) is 47.8 Å². The molecular weight excluding hydrogens is 350 g/mol. The van der Waals surface area contributed by atoms with Crippen LogP contribution in [-0.4, -0.2) is 46.3 Å². The molecule has 1 saturated carbocycles. The zero-order valence-electron chi connectivity index (χ0n) is 16.2. The Kier molecular flexibility index (Phi) is 4.56. The lowest BCUT2D eigenvalue weighted by Crippen LogP contribution is -2.48. The average molecular weight is 375 g/mol. The van der Waals surface area contributed by atoms with Crippen molar-refractivity contribution < 1.29 is 4.74 Å². The first-order valence-electron chi connectivity index (χ1n) is 10.1. The molecule has 5 rings (SSSR count). The van der Waals surface area contributed by atoms with Crippen molar-refractivity contribution in [2.45, 2.75) is 44.8 Å². The van der Waals surface area contributed by atoms with E-state index in [9.17, 15) is 0 Å². The molecule has 0 aromatic carbocycles. The largest absolute Gasteiger partial charge is 0.379 e. The Hall–Kier alpha value is -2.73. The molecule has 0 saturated heterocycles. The van der Waals surface area contributed by atoms with Crippen molar-refractivity contribution in [3.63, 3.8) is 0 Å². The minimum absolute atomic E-state index is 0.423. The normalized spacial score (nSPS) is 21.8. The first kappa shape index (κ1) is 17.4. The Bertz CT molecular complexity index is 1000. The summed E-state index contributed by atoms with van der Waals surface area (Å²) < 4.78 is 8.10. The van der Waals surface area contributed by atoms with E-state index in [0.29, 0.717) is 18.8 Å². The fourth-order valence-corrected chi connectivity index (χ4v) is 4.46. The van der Waals surface area contributed by atoms with Gasteiger partial charge in [-0.3, -0.25) is 14.7 Å². The van der Waals surface area contributed by atoms with E-state index >= 15 is 0 Å². The molecule has 0 atom stereocenters. The number of nitrogens with zero attached hydrogens (tertiary/aromatic N) is 5. The Balaban J connectivity index is 1.43. The molecule has 3 aromatic rings. The highest BCUT2D eigenvalue weighted by molar-refractivity contribution is 5.91. The molecule has 0 radical (unpaired) electrons. The van der Waals surface area contributed by atoms with Crippen LogP contribution in [0.25, 0.3) is 22.2 Å².